The van der Waals surface area contributed by atoms with E-state index >= 15 is 0 Å². The zero-order valence-electron chi connectivity index (χ0n) is 11.7. The standard InChI is InChI=1S/C14H14FN5O/c1-10(11-3-5-12(15)6-4-11)19(2)14(21)8-20-9-17-13(7-16)18-20/h3-6,9-10H,8H2,1-2H3/t10-/m1/s1. The second kappa shape index (κ2) is 6.13. The summed E-state index contributed by atoms with van der Waals surface area (Å²) in [6.07, 6.45) is 1.34. The van der Waals surface area contributed by atoms with Crippen molar-refractivity contribution in [3.63, 3.8) is 0 Å². The Bertz CT molecular complexity index is 673. The molecule has 1 amide bonds. The molecule has 6 nitrogen and oxygen atoms in total. The summed E-state index contributed by atoms with van der Waals surface area (Å²) < 4.78 is 14.2. The van der Waals surface area contributed by atoms with Gasteiger partial charge in [0.1, 0.15) is 24.8 Å². The molecule has 1 atom stereocenters. The van der Waals surface area contributed by atoms with E-state index in [0.29, 0.717) is 0 Å². The number of aromatic nitrogens is 3. The van der Waals surface area contributed by atoms with Crippen LogP contribution in [-0.4, -0.2) is 32.6 Å². The third-order valence-corrected chi connectivity index (χ3v) is 3.26. The van der Waals surface area contributed by atoms with E-state index in [1.54, 1.807) is 30.1 Å². The van der Waals surface area contributed by atoms with E-state index in [0.717, 1.165) is 5.56 Å². The molecule has 2 aromatic rings. The van der Waals surface area contributed by atoms with E-state index in [1.165, 1.54) is 23.1 Å². The minimum absolute atomic E-state index is 0.00326. The van der Waals surface area contributed by atoms with Gasteiger partial charge < -0.3 is 4.90 Å². The second-order valence-corrected chi connectivity index (χ2v) is 4.61. The van der Waals surface area contributed by atoms with Gasteiger partial charge in [0.05, 0.1) is 6.04 Å². The molecule has 21 heavy (non-hydrogen) atoms. The van der Waals surface area contributed by atoms with Gasteiger partial charge in [-0.25, -0.2) is 14.1 Å². The molecule has 0 radical (unpaired) electrons. The monoisotopic (exact) mass is 287 g/mol. The van der Waals surface area contributed by atoms with Crippen LogP contribution in [0.2, 0.25) is 0 Å². The lowest BCUT2D eigenvalue weighted by Gasteiger charge is -2.25. The molecule has 0 saturated carbocycles. The first-order valence-electron chi connectivity index (χ1n) is 6.32. The molecule has 1 aromatic carbocycles. The number of carbonyl (C=O) groups is 1. The molecule has 0 fully saturated rings. The molecule has 0 aliphatic heterocycles. The summed E-state index contributed by atoms with van der Waals surface area (Å²) in [6, 6.07) is 7.62. The summed E-state index contributed by atoms with van der Waals surface area (Å²) in [5.74, 6) is -0.468. The van der Waals surface area contributed by atoms with E-state index < -0.39 is 0 Å². The first-order chi connectivity index (χ1) is 10.0. The smallest absolute Gasteiger partial charge is 0.252 e. The fourth-order valence-electron chi connectivity index (χ4n) is 1.85. The predicted octanol–water partition coefficient (Wildman–Crippen LogP) is 1.51. The molecule has 7 heteroatoms. The van der Waals surface area contributed by atoms with Crippen LogP contribution >= 0.6 is 0 Å². The van der Waals surface area contributed by atoms with Crippen molar-refractivity contribution in [1.29, 1.82) is 5.26 Å². The minimum Gasteiger partial charge on any atom is -0.337 e. The molecule has 1 heterocycles. The zero-order valence-corrected chi connectivity index (χ0v) is 11.7. The molecule has 2 rings (SSSR count). The third kappa shape index (κ3) is 3.42. The third-order valence-electron chi connectivity index (χ3n) is 3.26. The number of carbonyl (C=O) groups excluding carboxylic acids is 1. The maximum Gasteiger partial charge on any atom is 0.252 e. The zero-order chi connectivity index (χ0) is 15.4. The highest BCUT2D eigenvalue weighted by Gasteiger charge is 2.18. The van der Waals surface area contributed by atoms with Crippen LogP contribution < -0.4 is 0 Å². The Morgan fingerprint density at radius 1 is 1.48 bits per heavy atom. The molecule has 0 unspecified atom stereocenters. The lowest BCUT2D eigenvalue weighted by molar-refractivity contribution is -0.132. The van der Waals surface area contributed by atoms with Crippen molar-refractivity contribution in [2.24, 2.45) is 0 Å². The first kappa shape index (κ1) is 14.7. The molecule has 1 aromatic heterocycles. The molecular weight excluding hydrogens is 273 g/mol. The van der Waals surface area contributed by atoms with Crippen LogP contribution in [0, 0.1) is 17.1 Å². The Hall–Kier alpha value is -2.75. The van der Waals surface area contributed by atoms with E-state index in [9.17, 15) is 9.18 Å². The van der Waals surface area contributed by atoms with Crippen molar-refractivity contribution in [3.8, 4) is 6.07 Å². The molecular formula is C14H14FN5O. The Morgan fingerprint density at radius 3 is 2.71 bits per heavy atom. The summed E-state index contributed by atoms with van der Waals surface area (Å²) in [5, 5.41) is 12.5. The number of likely N-dealkylation sites (N-methyl/N-ethyl adjacent to an activating group) is 1. The number of hydrogen-bond acceptors (Lipinski definition) is 4. The number of amides is 1. The van der Waals surface area contributed by atoms with E-state index in [-0.39, 0.29) is 30.1 Å². The molecule has 0 aliphatic carbocycles. The normalized spacial score (nSPS) is 11.7. The lowest BCUT2D eigenvalue weighted by Crippen LogP contribution is -2.32. The average Bonchev–Trinajstić information content (AvgIpc) is 2.94. The van der Waals surface area contributed by atoms with Crippen molar-refractivity contribution in [2.75, 3.05) is 7.05 Å². The predicted molar refractivity (Wildman–Crippen MR) is 72.3 cm³/mol. The number of nitriles is 1. The van der Waals surface area contributed by atoms with Gasteiger partial charge in [-0.05, 0) is 24.6 Å². The summed E-state index contributed by atoms with van der Waals surface area (Å²) in [5.41, 5.74) is 0.837. The van der Waals surface area contributed by atoms with Crippen LogP contribution in [0.1, 0.15) is 24.4 Å². The van der Waals surface area contributed by atoms with Crippen molar-refractivity contribution in [3.05, 3.63) is 47.8 Å². The Labute approximate surface area is 121 Å². The van der Waals surface area contributed by atoms with Crippen molar-refractivity contribution in [1.82, 2.24) is 19.7 Å². The first-order valence-corrected chi connectivity index (χ1v) is 6.32. The number of rotatable bonds is 4. The highest BCUT2D eigenvalue weighted by atomic mass is 19.1. The van der Waals surface area contributed by atoms with E-state index in [1.807, 2.05) is 6.92 Å². The number of hydrogen-bond donors (Lipinski definition) is 0. The highest BCUT2D eigenvalue weighted by Crippen LogP contribution is 2.19. The fourth-order valence-corrected chi connectivity index (χ4v) is 1.85. The molecule has 0 aliphatic rings. The maximum absolute atomic E-state index is 12.9. The van der Waals surface area contributed by atoms with Gasteiger partial charge in [-0.15, -0.1) is 5.10 Å². The number of halogens is 1. The fraction of sp³-hybridized carbons (Fsp3) is 0.286. The van der Waals surface area contributed by atoms with Crippen molar-refractivity contribution >= 4 is 5.91 Å². The minimum atomic E-state index is -0.313. The summed E-state index contributed by atoms with van der Waals surface area (Å²) >= 11 is 0. The lowest BCUT2D eigenvalue weighted by atomic mass is 10.1. The van der Waals surface area contributed by atoms with Crippen LogP contribution in [0.15, 0.2) is 30.6 Å². The topological polar surface area (TPSA) is 74.8 Å². The second-order valence-electron chi connectivity index (χ2n) is 4.61. The van der Waals surface area contributed by atoms with E-state index in [2.05, 4.69) is 10.1 Å². The van der Waals surface area contributed by atoms with Crippen molar-refractivity contribution in [2.45, 2.75) is 19.5 Å². The molecule has 0 saturated heterocycles. The Kier molecular flexibility index (Phi) is 4.28. The average molecular weight is 287 g/mol. The van der Waals surface area contributed by atoms with Gasteiger partial charge >= 0.3 is 0 Å². The van der Waals surface area contributed by atoms with Crippen LogP contribution in [-0.2, 0) is 11.3 Å². The van der Waals surface area contributed by atoms with Gasteiger partial charge in [0.2, 0.25) is 5.91 Å². The summed E-state index contributed by atoms with van der Waals surface area (Å²) in [7, 11) is 1.67. The van der Waals surface area contributed by atoms with Gasteiger partial charge in [-0.3, -0.25) is 4.79 Å². The van der Waals surface area contributed by atoms with Gasteiger partial charge in [0.15, 0.2) is 0 Å². The quantitative estimate of drug-likeness (QED) is 0.854. The van der Waals surface area contributed by atoms with Gasteiger partial charge in [-0.2, -0.15) is 5.26 Å². The van der Waals surface area contributed by atoms with Gasteiger partial charge in [0.25, 0.3) is 5.82 Å². The Balaban J connectivity index is 2.04. The highest BCUT2D eigenvalue weighted by molar-refractivity contribution is 5.76. The molecule has 0 N–H and O–H groups in total. The van der Waals surface area contributed by atoms with Crippen LogP contribution in [0.3, 0.4) is 0 Å². The van der Waals surface area contributed by atoms with E-state index in [4.69, 9.17) is 5.26 Å². The molecule has 108 valence electrons. The van der Waals surface area contributed by atoms with Crippen molar-refractivity contribution < 1.29 is 9.18 Å². The summed E-state index contributed by atoms with van der Waals surface area (Å²) in [4.78, 5) is 17.5. The van der Waals surface area contributed by atoms with Gasteiger partial charge in [0, 0.05) is 7.05 Å². The van der Waals surface area contributed by atoms with Crippen LogP contribution in [0.5, 0.6) is 0 Å². The molecule has 0 spiro atoms. The van der Waals surface area contributed by atoms with Gasteiger partial charge in [-0.1, -0.05) is 12.1 Å². The SMILES string of the molecule is C[C@H](c1ccc(F)cc1)N(C)C(=O)Cn1cnc(C#N)n1. The Morgan fingerprint density at radius 2 is 2.14 bits per heavy atom. The van der Waals surface area contributed by atoms with Crippen LogP contribution in [0.4, 0.5) is 4.39 Å². The number of nitrogens with zero attached hydrogens (tertiary/aromatic N) is 5. The summed E-state index contributed by atoms with van der Waals surface area (Å²) in [6.45, 7) is 1.85. The number of benzene rings is 1. The van der Waals surface area contributed by atoms with Crippen LogP contribution in [0.25, 0.3) is 0 Å². The largest absolute Gasteiger partial charge is 0.337 e. The molecule has 0 bridgehead atoms. The maximum atomic E-state index is 12.9.